The van der Waals surface area contributed by atoms with E-state index in [1.807, 2.05) is 54.6 Å². The number of rotatable bonds is 5. The number of carbonyl (C=O) groups excluding carboxylic acids is 1. The molecule has 0 bridgehead atoms. The van der Waals surface area contributed by atoms with Crippen LogP contribution in [0.5, 0.6) is 0 Å². The van der Waals surface area contributed by atoms with E-state index in [1.54, 1.807) is 11.8 Å². The SMILES string of the molecule is CCSc1nnc(NC(=O)c2ccc(-c3ccccc3)cc2)s1. The zero-order chi connectivity index (χ0) is 16.1. The minimum Gasteiger partial charge on any atom is -0.296 e. The Bertz CT molecular complexity index is 785. The number of aromatic nitrogens is 2. The highest BCUT2D eigenvalue weighted by atomic mass is 32.2. The highest BCUT2D eigenvalue weighted by molar-refractivity contribution is 8.01. The Morgan fingerprint density at radius 2 is 1.74 bits per heavy atom. The van der Waals surface area contributed by atoms with Crippen LogP contribution in [0.15, 0.2) is 58.9 Å². The van der Waals surface area contributed by atoms with E-state index in [4.69, 9.17) is 0 Å². The van der Waals surface area contributed by atoms with Crippen molar-refractivity contribution < 1.29 is 4.79 Å². The van der Waals surface area contributed by atoms with Gasteiger partial charge >= 0.3 is 0 Å². The lowest BCUT2D eigenvalue weighted by atomic mass is 10.0. The van der Waals surface area contributed by atoms with Crippen LogP contribution in [-0.4, -0.2) is 21.9 Å². The summed E-state index contributed by atoms with van der Waals surface area (Å²) in [6.45, 7) is 2.05. The molecule has 6 heteroatoms. The number of benzene rings is 2. The molecule has 0 aliphatic heterocycles. The van der Waals surface area contributed by atoms with Crippen molar-refractivity contribution in [3.05, 3.63) is 60.2 Å². The molecule has 0 aliphatic rings. The van der Waals surface area contributed by atoms with Gasteiger partial charge in [-0.2, -0.15) is 0 Å². The molecule has 0 unspecified atom stereocenters. The van der Waals surface area contributed by atoms with Crippen LogP contribution in [0.25, 0.3) is 11.1 Å². The van der Waals surface area contributed by atoms with Crippen molar-refractivity contribution in [2.45, 2.75) is 11.3 Å². The predicted molar refractivity (Wildman–Crippen MR) is 96.1 cm³/mol. The number of hydrogen-bond acceptors (Lipinski definition) is 5. The number of nitrogens with one attached hydrogen (secondary N) is 1. The van der Waals surface area contributed by atoms with Crippen molar-refractivity contribution in [3.8, 4) is 11.1 Å². The maximum atomic E-state index is 12.2. The second-order valence-electron chi connectivity index (χ2n) is 4.70. The van der Waals surface area contributed by atoms with Crippen molar-refractivity contribution in [1.82, 2.24) is 10.2 Å². The summed E-state index contributed by atoms with van der Waals surface area (Å²) in [6, 6.07) is 17.6. The number of amides is 1. The first-order valence-corrected chi connectivity index (χ1v) is 8.99. The normalized spacial score (nSPS) is 10.5. The third-order valence-electron chi connectivity index (χ3n) is 3.15. The Morgan fingerprint density at radius 1 is 1.04 bits per heavy atom. The smallest absolute Gasteiger partial charge is 0.257 e. The molecule has 0 radical (unpaired) electrons. The molecule has 0 saturated carbocycles. The second kappa shape index (κ2) is 7.39. The van der Waals surface area contributed by atoms with Crippen LogP contribution in [-0.2, 0) is 0 Å². The van der Waals surface area contributed by atoms with Crippen LogP contribution < -0.4 is 5.32 Å². The number of nitrogens with zero attached hydrogens (tertiary/aromatic N) is 2. The Balaban J connectivity index is 1.70. The average molecular weight is 341 g/mol. The zero-order valence-corrected chi connectivity index (χ0v) is 14.2. The van der Waals surface area contributed by atoms with Crippen LogP contribution in [0, 0.1) is 0 Å². The lowest BCUT2D eigenvalue weighted by Crippen LogP contribution is -2.11. The van der Waals surface area contributed by atoms with Gasteiger partial charge in [0.1, 0.15) is 0 Å². The van der Waals surface area contributed by atoms with E-state index in [2.05, 4.69) is 22.4 Å². The Labute approximate surface area is 143 Å². The van der Waals surface area contributed by atoms with Gasteiger partial charge in [0.05, 0.1) is 0 Å². The number of anilines is 1. The van der Waals surface area contributed by atoms with E-state index < -0.39 is 0 Å². The van der Waals surface area contributed by atoms with Crippen molar-refractivity contribution >= 4 is 34.1 Å². The van der Waals surface area contributed by atoms with Gasteiger partial charge in [0.15, 0.2) is 4.34 Å². The van der Waals surface area contributed by atoms with Crippen LogP contribution in [0.1, 0.15) is 17.3 Å². The highest BCUT2D eigenvalue weighted by Crippen LogP contribution is 2.25. The summed E-state index contributed by atoms with van der Waals surface area (Å²) in [5, 5.41) is 11.3. The second-order valence-corrected chi connectivity index (χ2v) is 7.19. The Hall–Kier alpha value is -2.18. The van der Waals surface area contributed by atoms with Gasteiger partial charge in [0.25, 0.3) is 5.91 Å². The first kappa shape index (κ1) is 15.7. The van der Waals surface area contributed by atoms with E-state index in [0.29, 0.717) is 10.7 Å². The van der Waals surface area contributed by atoms with Crippen LogP contribution in [0.3, 0.4) is 0 Å². The predicted octanol–water partition coefficient (Wildman–Crippen LogP) is 4.57. The number of thioether (sulfide) groups is 1. The Kier molecular flexibility index (Phi) is 5.05. The first-order valence-electron chi connectivity index (χ1n) is 7.19. The molecule has 1 aromatic heterocycles. The molecule has 0 aliphatic carbocycles. The molecule has 0 saturated heterocycles. The zero-order valence-electron chi connectivity index (χ0n) is 12.5. The van der Waals surface area contributed by atoms with E-state index >= 15 is 0 Å². The maximum absolute atomic E-state index is 12.2. The van der Waals surface area contributed by atoms with E-state index in [0.717, 1.165) is 21.2 Å². The molecule has 3 rings (SSSR count). The molecule has 0 atom stereocenters. The number of hydrogen-bond donors (Lipinski definition) is 1. The van der Waals surface area contributed by atoms with Crippen molar-refractivity contribution in [1.29, 1.82) is 0 Å². The minimum atomic E-state index is -0.172. The van der Waals surface area contributed by atoms with Gasteiger partial charge in [-0.25, -0.2) is 0 Å². The summed E-state index contributed by atoms with van der Waals surface area (Å²) in [5.41, 5.74) is 2.81. The fourth-order valence-electron chi connectivity index (χ4n) is 2.06. The largest absolute Gasteiger partial charge is 0.296 e. The fraction of sp³-hybridized carbons (Fsp3) is 0.118. The van der Waals surface area contributed by atoms with Gasteiger partial charge in [-0.3, -0.25) is 10.1 Å². The van der Waals surface area contributed by atoms with Crippen LogP contribution >= 0.6 is 23.1 Å². The van der Waals surface area contributed by atoms with Gasteiger partial charge in [0, 0.05) is 5.56 Å². The molecule has 4 nitrogen and oxygen atoms in total. The van der Waals surface area contributed by atoms with Gasteiger partial charge in [-0.05, 0) is 29.0 Å². The summed E-state index contributed by atoms with van der Waals surface area (Å²) >= 11 is 3.00. The molecule has 0 spiro atoms. The lowest BCUT2D eigenvalue weighted by Gasteiger charge is -2.04. The van der Waals surface area contributed by atoms with E-state index in [9.17, 15) is 4.79 Å². The summed E-state index contributed by atoms with van der Waals surface area (Å²) in [6.07, 6.45) is 0. The molecule has 2 aromatic carbocycles. The van der Waals surface area contributed by atoms with Gasteiger partial charge < -0.3 is 0 Å². The quantitative estimate of drug-likeness (QED) is 0.545. The molecule has 1 amide bonds. The monoisotopic (exact) mass is 341 g/mol. The third-order valence-corrected chi connectivity index (χ3v) is 5.00. The highest BCUT2D eigenvalue weighted by Gasteiger charge is 2.10. The molecular formula is C17H15N3OS2. The molecular weight excluding hydrogens is 326 g/mol. The molecule has 3 aromatic rings. The first-order chi connectivity index (χ1) is 11.3. The minimum absolute atomic E-state index is 0.172. The van der Waals surface area contributed by atoms with E-state index in [1.165, 1.54) is 11.3 Å². The van der Waals surface area contributed by atoms with Crippen molar-refractivity contribution in [3.63, 3.8) is 0 Å². The van der Waals surface area contributed by atoms with E-state index in [-0.39, 0.29) is 5.91 Å². The van der Waals surface area contributed by atoms with Crippen molar-refractivity contribution in [2.75, 3.05) is 11.1 Å². The van der Waals surface area contributed by atoms with Crippen molar-refractivity contribution in [2.24, 2.45) is 0 Å². The molecule has 0 fully saturated rings. The lowest BCUT2D eigenvalue weighted by molar-refractivity contribution is 0.102. The molecule has 1 heterocycles. The molecule has 116 valence electrons. The van der Waals surface area contributed by atoms with Crippen LogP contribution in [0.2, 0.25) is 0 Å². The van der Waals surface area contributed by atoms with Gasteiger partial charge in [0.2, 0.25) is 5.13 Å². The molecule has 23 heavy (non-hydrogen) atoms. The summed E-state index contributed by atoms with van der Waals surface area (Å²) in [7, 11) is 0. The summed E-state index contributed by atoms with van der Waals surface area (Å²) < 4.78 is 0.863. The fourth-order valence-corrected chi connectivity index (χ4v) is 3.70. The summed E-state index contributed by atoms with van der Waals surface area (Å²) in [4.78, 5) is 12.2. The maximum Gasteiger partial charge on any atom is 0.257 e. The summed E-state index contributed by atoms with van der Waals surface area (Å²) in [5.74, 6) is 0.762. The topological polar surface area (TPSA) is 54.9 Å². The average Bonchev–Trinajstić information content (AvgIpc) is 3.03. The van der Waals surface area contributed by atoms with Gasteiger partial charge in [-0.15, -0.1) is 10.2 Å². The molecule has 1 N–H and O–H groups in total. The van der Waals surface area contributed by atoms with Crippen LogP contribution in [0.4, 0.5) is 5.13 Å². The number of carbonyl (C=O) groups is 1. The third kappa shape index (κ3) is 3.97. The Morgan fingerprint density at radius 3 is 2.43 bits per heavy atom. The standard InChI is InChI=1S/C17H15N3OS2/c1-2-22-17-20-19-16(23-17)18-15(21)14-10-8-13(9-11-14)12-6-4-3-5-7-12/h3-11H,2H2,1H3,(H,18,19,21). The van der Waals surface area contributed by atoms with Gasteiger partial charge in [-0.1, -0.05) is 72.5 Å².